The summed E-state index contributed by atoms with van der Waals surface area (Å²) in [5.41, 5.74) is 0.916. The summed E-state index contributed by atoms with van der Waals surface area (Å²) in [6, 6.07) is 12.8. The van der Waals surface area contributed by atoms with Crippen LogP contribution in [0.1, 0.15) is 26.3 Å². The molecule has 0 radical (unpaired) electrons. The molecule has 140 valence electrons. The highest BCUT2D eigenvalue weighted by atomic mass is 127. The number of rotatable bonds is 2. The van der Waals surface area contributed by atoms with E-state index < -0.39 is 39.8 Å². The molecule has 7 nitrogen and oxygen atoms in total. The van der Waals surface area contributed by atoms with Crippen molar-refractivity contribution >= 4 is 55.2 Å². The number of β-lactam (4-membered cyclic amide) rings is 1. The van der Waals surface area contributed by atoms with Crippen LogP contribution in [0.3, 0.4) is 0 Å². The van der Waals surface area contributed by atoms with Crippen molar-refractivity contribution in [3.05, 3.63) is 74.9 Å². The zero-order valence-corrected chi connectivity index (χ0v) is 17.0. The highest BCUT2D eigenvalue weighted by molar-refractivity contribution is 14.1. The molecule has 0 aliphatic carbocycles. The molecule has 0 aromatic heterocycles. The second-order valence-corrected chi connectivity index (χ2v) is 9.51. The van der Waals surface area contributed by atoms with Gasteiger partial charge in [0.05, 0.1) is 11.1 Å². The minimum absolute atomic E-state index is 0.0474. The van der Waals surface area contributed by atoms with Gasteiger partial charge < -0.3 is 0 Å². The molecule has 0 spiro atoms. The van der Waals surface area contributed by atoms with Crippen LogP contribution >= 0.6 is 22.6 Å². The Hall–Kier alpha value is -2.53. The Balaban J connectivity index is 1.61. The minimum Gasteiger partial charge on any atom is -0.271 e. The number of fused-ring (bicyclic) bond motifs is 2. The third kappa shape index (κ3) is 2.03. The number of carbonyl (C=O) groups is 3. The number of hydrogen-bond acceptors (Lipinski definition) is 5. The highest BCUT2D eigenvalue weighted by Crippen LogP contribution is 2.50. The normalized spacial score (nSPS) is 25.1. The van der Waals surface area contributed by atoms with Crippen LogP contribution < -0.4 is 0 Å². The highest BCUT2D eigenvalue weighted by Gasteiger charge is 2.65. The maximum Gasteiger partial charge on any atom is 0.268 e. The van der Waals surface area contributed by atoms with Crippen LogP contribution in [0, 0.1) is 0 Å². The number of amides is 3. The average Bonchev–Trinajstić information content (AvgIpc) is 3.02. The van der Waals surface area contributed by atoms with Gasteiger partial charge in [-0.05, 0) is 40.3 Å². The van der Waals surface area contributed by atoms with E-state index >= 15 is 0 Å². The van der Waals surface area contributed by atoms with E-state index in [-0.39, 0.29) is 16.0 Å². The Morgan fingerprint density at radius 2 is 1.32 bits per heavy atom. The Morgan fingerprint density at radius 1 is 0.786 bits per heavy atom. The first-order valence-corrected chi connectivity index (χ1v) is 10.9. The van der Waals surface area contributed by atoms with Crippen molar-refractivity contribution < 1.29 is 22.8 Å². The Kier molecular flexibility index (Phi) is 3.60. The average molecular weight is 506 g/mol. The fourth-order valence-corrected chi connectivity index (χ4v) is 7.72. The van der Waals surface area contributed by atoms with Crippen LogP contribution in [0.15, 0.2) is 58.2 Å². The first-order chi connectivity index (χ1) is 13.4. The molecule has 3 heterocycles. The van der Waals surface area contributed by atoms with Gasteiger partial charge in [0.25, 0.3) is 27.7 Å². The smallest absolute Gasteiger partial charge is 0.268 e. The van der Waals surface area contributed by atoms with Crippen LogP contribution in [-0.2, 0) is 14.8 Å². The summed E-state index contributed by atoms with van der Waals surface area (Å²) in [5, 5.41) is 0. The van der Waals surface area contributed by atoms with Gasteiger partial charge in [-0.2, -0.15) is 0 Å². The summed E-state index contributed by atoms with van der Waals surface area (Å²) < 4.78 is 27.1. The lowest BCUT2D eigenvalue weighted by Gasteiger charge is -2.44. The van der Waals surface area contributed by atoms with Gasteiger partial charge in [0.15, 0.2) is 0 Å². The fraction of sp³-hybridized carbons (Fsp3) is 0.105. The first kappa shape index (κ1) is 17.6. The van der Waals surface area contributed by atoms with E-state index in [0.717, 1.165) is 9.21 Å². The molecule has 3 amide bonds. The van der Waals surface area contributed by atoms with Crippen molar-refractivity contribution in [1.29, 1.82) is 0 Å². The lowest BCUT2D eigenvalue weighted by Crippen LogP contribution is -2.70. The predicted octanol–water partition coefficient (Wildman–Crippen LogP) is 2.01. The molecule has 9 heteroatoms. The van der Waals surface area contributed by atoms with Crippen molar-refractivity contribution in [2.45, 2.75) is 12.1 Å². The third-order valence-corrected chi connectivity index (χ3v) is 8.60. The van der Waals surface area contributed by atoms with E-state index in [1.54, 1.807) is 42.5 Å². The van der Waals surface area contributed by atoms with Gasteiger partial charge in [0.1, 0.15) is 17.0 Å². The lowest BCUT2D eigenvalue weighted by atomic mass is 9.96. The van der Waals surface area contributed by atoms with E-state index in [2.05, 4.69) is 0 Å². The number of nitrogens with zero attached hydrogens (tertiary/aromatic N) is 2. The topological polar surface area (TPSA) is 91.8 Å². The molecule has 1 fully saturated rings. The summed E-state index contributed by atoms with van der Waals surface area (Å²) in [4.78, 5) is 39.3. The molecule has 0 saturated carbocycles. The molecule has 2 atom stereocenters. The fourth-order valence-electron chi connectivity index (χ4n) is 3.90. The monoisotopic (exact) mass is 506 g/mol. The molecule has 0 bridgehead atoms. The van der Waals surface area contributed by atoms with Crippen molar-refractivity contribution in [2.24, 2.45) is 0 Å². The SMILES string of the molecule is O=C1c2ccccc2C(=O)N1[C@H]1C(=O)N2[C@H]1C(I)=C(c1ccccc1)S2(=O)=O. The van der Waals surface area contributed by atoms with Crippen LogP contribution in [0.2, 0.25) is 0 Å². The molecule has 5 rings (SSSR count). The van der Waals surface area contributed by atoms with Gasteiger partial charge in [-0.15, -0.1) is 0 Å². The zero-order chi connectivity index (χ0) is 19.8. The Labute approximate surface area is 173 Å². The van der Waals surface area contributed by atoms with Crippen molar-refractivity contribution in [1.82, 2.24) is 9.21 Å². The molecule has 1 saturated heterocycles. The molecule has 2 aromatic carbocycles. The molecule has 28 heavy (non-hydrogen) atoms. The van der Waals surface area contributed by atoms with Crippen LogP contribution in [-0.4, -0.2) is 47.4 Å². The minimum atomic E-state index is -4.04. The first-order valence-electron chi connectivity index (χ1n) is 8.36. The number of imide groups is 1. The second kappa shape index (κ2) is 5.74. The maximum absolute atomic E-state index is 13.0. The maximum atomic E-state index is 13.0. The molecule has 2 aromatic rings. The molecular weight excluding hydrogens is 495 g/mol. The molecule has 0 unspecified atom stereocenters. The summed E-state index contributed by atoms with van der Waals surface area (Å²) in [6.45, 7) is 0. The Bertz CT molecular complexity index is 1190. The van der Waals surface area contributed by atoms with E-state index in [1.807, 2.05) is 22.6 Å². The summed E-state index contributed by atoms with van der Waals surface area (Å²) in [5.74, 6) is -1.92. The van der Waals surface area contributed by atoms with Crippen LogP contribution in [0.4, 0.5) is 0 Å². The quantitative estimate of drug-likeness (QED) is 0.353. The number of sulfonamides is 1. The second-order valence-electron chi connectivity index (χ2n) is 6.60. The number of hydrogen-bond donors (Lipinski definition) is 0. The molecule has 0 N–H and O–H groups in total. The predicted molar refractivity (Wildman–Crippen MR) is 108 cm³/mol. The number of benzene rings is 2. The van der Waals surface area contributed by atoms with Gasteiger partial charge in [-0.25, -0.2) is 12.7 Å². The van der Waals surface area contributed by atoms with E-state index in [0.29, 0.717) is 9.14 Å². The van der Waals surface area contributed by atoms with Gasteiger partial charge in [0.2, 0.25) is 0 Å². The number of halogens is 1. The van der Waals surface area contributed by atoms with Crippen molar-refractivity contribution in [2.75, 3.05) is 0 Å². The van der Waals surface area contributed by atoms with Crippen LogP contribution in [0.5, 0.6) is 0 Å². The van der Waals surface area contributed by atoms with Gasteiger partial charge in [-0.1, -0.05) is 42.5 Å². The third-order valence-electron chi connectivity index (χ3n) is 5.16. The van der Waals surface area contributed by atoms with Crippen molar-refractivity contribution in [3.63, 3.8) is 0 Å². The van der Waals surface area contributed by atoms with E-state index in [1.165, 1.54) is 12.1 Å². The molecule has 3 aliphatic heterocycles. The van der Waals surface area contributed by atoms with Gasteiger partial charge in [-0.3, -0.25) is 19.3 Å². The van der Waals surface area contributed by atoms with Crippen LogP contribution in [0.25, 0.3) is 4.91 Å². The number of carbonyl (C=O) groups excluding carboxylic acids is 3. The molecular formula is C19H11IN2O5S. The standard InChI is InChI=1S/C19H11IN2O5S/c20-13-14-15(21-17(23)11-8-4-5-9-12(11)18(21)24)19(25)22(14)28(26,27)16(13)10-6-2-1-3-7-10/h1-9,14-15H/t14-,15+/m0/s1. The van der Waals surface area contributed by atoms with E-state index in [4.69, 9.17) is 0 Å². The lowest BCUT2D eigenvalue weighted by molar-refractivity contribution is -0.143. The zero-order valence-electron chi connectivity index (χ0n) is 14.1. The van der Waals surface area contributed by atoms with Crippen molar-refractivity contribution in [3.8, 4) is 0 Å². The largest absolute Gasteiger partial charge is 0.271 e. The summed E-state index contributed by atoms with van der Waals surface area (Å²) >= 11 is 1.90. The molecule has 3 aliphatic rings. The summed E-state index contributed by atoms with van der Waals surface area (Å²) in [6.07, 6.45) is 0. The van der Waals surface area contributed by atoms with Gasteiger partial charge >= 0.3 is 0 Å². The van der Waals surface area contributed by atoms with E-state index in [9.17, 15) is 22.8 Å². The Morgan fingerprint density at radius 3 is 1.89 bits per heavy atom. The van der Waals surface area contributed by atoms with Gasteiger partial charge in [0, 0.05) is 3.58 Å². The summed E-state index contributed by atoms with van der Waals surface area (Å²) in [7, 11) is -4.04.